The number of anilines is 1. The molecule has 1 aliphatic heterocycles. The van der Waals surface area contributed by atoms with Gasteiger partial charge in [0, 0.05) is 22.5 Å². The van der Waals surface area contributed by atoms with Crippen LogP contribution in [0.5, 0.6) is 5.75 Å². The maximum Gasteiger partial charge on any atom is 0.410 e. The van der Waals surface area contributed by atoms with Crippen LogP contribution in [0.3, 0.4) is 0 Å². The summed E-state index contributed by atoms with van der Waals surface area (Å²) in [5.74, 6) is -5.99. The minimum absolute atomic E-state index is 0.00163. The lowest BCUT2D eigenvalue weighted by Crippen LogP contribution is -2.45. The molecule has 2 amide bonds. The number of esters is 1. The number of carbonyl (C=O) groups is 4. The van der Waals surface area contributed by atoms with Crippen LogP contribution >= 0.6 is 23.2 Å². The van der Waals surface area contributed by atoms with E-state index >= 15 is 8.78 Å². The van der Waals surface area contributed by atoms with E-state index in [1.807, 2.05) is 26.1 Å². The number of rotatable bonds is 11. The van der Waals surface area contributed by atoms with Gasteiger partial charge in [0.05, 0.1) is 35.5 Å². The summed E-state index contributed by atoms with van der Waals surface area (Å²) in [4.78, 5) is 49.6. The van der Waals surface area contributed by atoms with Crippen molar-refractivity contribution in [1.29, 1.82) is 5.26 Å². The van der Waals surface area contributed by atoms with E-state index in [-0.39, 0.29) is 44.6 Å². The van der Waals surface area contributed by atoms with E-state index in [1.54, 1.807) is 0 Å². The second kappa shape index (κ2) is 16.1. The molecule has 4 N–H and O–H groups in total. The van der Waals surface area contributed by atoms with Crippen LogP contribution in [0.1, 0.15) is 61.5 Å². The van der Waals surface area contributed by atoms with E-state index in [1.165, 1.54) is 62.6 Å². The number of nitrogens with one attached hydrogen (secondary N) is 3. The average Bonchev–Trinajstić information content (AvgIpc) is 3.38. The summed E-state index contributed by atoms with van der Waals surface area (Å²) in [5.41, 5.74) is -2.47. The van der Waals surface area contributed by atoms with Gasteiger partial charge in [0.15, 0.2) is 0 Å². The van der Waals surface area contributed by atoms with E-state index < -0.39 is 77.2 Å². The number of halogens is 4. The summed E-state index contributed by atoms with van der Waals surface area (Å²) < 4.78 is 46.9. The smallest absolute Gasteiger partial charge is 0.410 e. The number of carboxylic acid groups (broad SMARTS) is 1. The van der Waals surface area contributed by atoms with Crippen LogP contribution in [0.15, 0.2) is 54.6 Å². The molecule has 0 saturated carbocycles. The van der Waals surface area contributed by atoms with Gasteiger partial charge in [-0.15, -0.1) is 0 Å². The van der Waals surface area contributed by atoms with Crippen LogP contribution in [-0.2, 0) is 24.5 Å². The molecule has 1 aliphatic rings. The molecule has 1 saturated heterocycles. The van der Waals surface area contributed by atoms with Crippen LogP contribution in [0, 0.1) is 28.4 Å². The lowest BCUT2D eigenvalue weighted by molar-refractivity contribution is -0.139. The Kier molecular flexibility index (Phi) is 12.4. The second-order valence-electron chi connectivity index (χ2n) is 13.3. The Morgan fingerprint density at radius 3 is 2.40 bits per heavy atom. The normalized spacial score (nSPS) is 20.3. The van der Waals surface area contributed by atoms with Crippen molar-refractivity contribution >= 4 is 52.8 Å². The first-order chi connectivity index (χ1) is 24.4. The van der Waals surface area contributed by atoms with Gasteiger partial charge in [-0.1, -0.05) is 62.2 Å². The van der Waals surface area contributed by atoms with E-state index in [2.05, 4.69) is 21.4 Å². The second-order valence-corrected chi connectivity index (χ2v) is 14.1. The van der Waals surface area contributed by atoms with Crippen LogP contribution in [0.4, 0.5) is 19.3 Å². The van der Waals surface area contributed by atoms with E-state index in [0.29, 0.717) is 0 Å². The summed E-state index contributed by atoms with van der Waals surface area (Å²) >= 11 is 12.3. The zero-order valence-corrected chi connectivity index (χ0v) is 30.2. The van der Waals surface area contributed by atoms with Gasteiger partial charge in [0.25, 0.3) is 0 Å². The van der Waals surface area contributed by atoms with Gasteiger partial charge in [-0.2, -0.15) is 5.26 Å². The molecule has 1 heterocycles. The molecule has 52 heavy (non-hydrogen) atoms. The predicted molar refractivity (Wildman–Crippen MR) is 186 cm³/mol. The predicted octanol–water partition coefficient (Wildman–Crippen LogP) is 6.55. The number of hydrogen-bond donors (Lipinski definition) is 4. The molecule has 3 aromatic carbocycles. The van der Waals surface area contributed by atoms with Crippen LogP contribution in [0.25, 0.3) is 0 Å². The molecule has 3 aromatic rings. The van der Waals surface area contributed by atoms with Crippen LogP contribution in [0.2, 0.25) is 10.0 Å². The third-order valence-electron chi connectivity index (χ3n) is 8.51. The topological polar surface area (TPSA) is 176 Å². The Morgan fingerprint density at radius 2 is 1.79 bits per heavy atom. The molecule has 0 aliphatic carbocycles. The number of nitriles is 1. The Balaban J connectivity index is 1.70. The average molecular weight is 762 g/mol. The highest BCUT2D eigenvalue weighted by atomic mass is 35.5. The Labute approximate surface area is 308 Å². The van der Waals surface area contributed by atoms with Crippen molar-refractivity contribution < 1.29 is 47.3 Å². The van der Waals surface area contributed by atoms with Gasteiger partial charge in [-0.25, -0.2) is 18.4 Å². The highest BCUT2D eigenvalue weighted by molar-refractivity contribution is 6.31. The third-order valence-corrected chi connectivity index (χ3v) is 9.04. The number of ether oxygens (including phenoxy) is 3. The fraction of sp³-hybridized carbons (Fsp3) is 0.361. The molecule has 16 heteroatoms. The van der Waals surface area contributed by atoms with Crippen LogP contribution < -0.4 is 20.7 Å². The highest BCUT2D eigenvalue weighted by Crippen LogP contribution is 2.53. The van der Waals surface area contributed by atoms with E-state index in [9.17, 15) is 24.4 Å². The molecule has 0 spiro atoms. The van der Waals surface area contributed by atoms with Crippen molar-refractivity contribution in [3.05, 3.63) is 93.0 Å². The summed E-state index contributed by atoms with van der Waals surface area (Å²) in [6.45, 7) is 6.11. The van der Waals surface area contributed by atoms with Gasteiger partial charge in [0.2, 0.25) is 12.7 Å². The summed E-state index contributed by atoms with van der Waals surface area (Å²) in [6.07, 6.45) is -0.867. The van der Waals surface area contributed by atoms with Gasteiger partial charge < -0.3 is 35.3 Å². The first-order valence-corrected chi connectivity index (χ1v) is 16.6. The first-order valence-electron chi connectivity index (χ1n) is 15.8. The fourth-order valence-corrected chi connectivity index (χ4v) is 6.53. The number of aliphatic carboxylic acids is 1. The fourth-order valence-electron chi connectivity index (χ4n) is 6.19. The van der Waals surface area contributed by atoms with Gasteiger partial charge >= 0.3 is 18.0 Å². The molecule has 12 nitrogen and oxygen atoms in total. The molecule has 1 fully saturated rings. The minimum atomic E-state index is -1.85. The first kappa shape index (κ1) is 39.8. The lowest BCUT2D eigenvalue weighted by Gasteiger charge is -2.37. The molecule has 0 radical (unpaired) electrons. The summed E-state index contributed by atoms with van der Waals surface area (Å²) in [7, 11) is 1.28. The quantitative estimate of drug-likeness (QED) is 0.124. The van der Waals surface area contributed by atoms with Gasteiger partial charge in [-0.05, 0) is 60.7 Å². The minimum Gasteiger partial charge on any atom is -0.495 e. The molecular formula is C36H36Cl2F2N4O8. The number of methoxy groups -OCH3 is 1. The molecule has 4 rings (SSSR count). The van der Waals surface area contributed by atoms with Gasteiger partial charge in [0.1, 0.15) is 28.8 Å². The third kappa shape index (κ3) is 8.55. The number of alkyl carbamates (subject to hydrolysis) is 1. The number of carbonyl (C=O) groups excluding carboxylic acids is 3. The Morgan fingerprint density at radius 1 is 1.08 bits per heavy atom. The maximum absolute atomic E-state index is 16.0. The monoisotopic (exact) mass is 760 g/mol. The number of benzene rings is 3. The summed E-state index contributed by atoms with van der Waals surface area (Å²) in [5, 5.41) is 27.7. The molecule has 276 valence electrons. The summed E-state index contributed by atoms with van der Waals surface area (Å²) in [6, 6.07) is 10.7. The van der Waals surface area contributed by atoms with Crippen molar-refractivity contribution in [1.82, 2.24) is 10.6 Å². The van der Waals surface area contributed by atoms with Crippen molar-refractivity contribution in [2.45, 2.75) is 63.6 Å². The lowest BCUT2D eigenvalue weighted by atomic mass is 9.62. The number of hydrogen-bond acceptors (Lipinski definition) is 9. The molecule has 0 bridgehead atoms. The highest BCUT2D eigenvalue weighted by Gasteiger charge is 2.61. The molecule has 5 atom stereocenters. The molecular weight excluding hydrogens is 725 g/mol. The maximum atomic E-state index is 16.0. The van der Waals surface area contributed by atoms with Crippen molar-refractivity contribution in [3.63, 3.8) is 0 Å². The molecule has 1 unspecified atom stereocenters. The zero-order valence-electron chi connectivity index (χ0n) is 28.7. The van der Waals surface area contributed by atoms with Crippen LogP contribution in [-0.4, -0.2) is 61.1 Å². The Bertz CT molecular complexity index is 1920. The SMILES string of the molecule is COc1cc(C(=O)OCOC(=O)NC(C)C(=O)O)ccc1NC(=O)[C@@H]1N[C@@H](CC(C)(C)C)[C@](C#N)(c2ccc(Cl)cc2F)[C@H]1c1cccc(Cl)c1F. The number of amides is 2. The Hall–Kier alpha value is -4.97. The van der Waals surface area contributed by atoms with Crippen molar-refractivity contribution in [2.75, 3.05) is 19.2 Å². The standard InChI is InChI=1S/C36H36Cl2F2N4O8/c1-18(32(46)47)42-34(49)52-17-51-33(48)19-9-12-25(26(13-19)50-5)43-31(45)30-28(21-7-6-8-23(38)29(21)40)36(16-41,27(44-30)15-35(2,3)4)22-11-10-20(37)14-24(22)39/h6-14,18,27-28,30,44H,15,17H2,1-5H3,(H,42,49)(H,43,45)(H,46,47)/t18?,27-,28-,30+,36-/m0/s1. The largest absolute Gasteiger partial charge is 0.495 e. The van der Waals surface area contributed by atoms with E-state index in [4.69, 9.17) is 37.8 Å². The molecule has 0 aromatic heterocycles. The van der Waals surface area contributed by atoms with Crippen molar-refractivity contribution in [2.24, 2.45) is 5.41 Å². The number of nitrogens with zero attached hydrogens (tertiary/aromatic N) is 1. The van der Waals surface area contributed by atoms with E-state index in [0.717, 1.165) is 6.07 Å². The zero-order chi connectivity index (χ0) is 38.5. The van der Waals surface area contributed by atoms with Crippen molar-refractivity contribution in [3.8, 4) is 11.8 Å². The van der Waals surface area contributed by atoms with Gasteiger partial charge in [-0.3, -0.25) is 9.59 Å². The number of carboxylic acids is 1.